The summed E-state index contributed by atoms with van der Waals surface area (Å²) in [5.41, 5.74) is 2.92. The second kappa shape index (κ2) is 5.46. The minimum Gasteiger partial charge on any atom is -0.361 e. The number of fused-ring (bicyclic) bond motifs is 1. The lowest BCUT2D eigenvalue weighted by Crippen LogP contribution is -2.24. The molecule has 2 rings (SSSR count). The zero-order chi connectivity index (χ0) is 14.9. The van der Waals surface area contributed by atoms with Crippen LogP contribution >= 0.6 is 0 Å². The first-order valence-corrected chi connectivity index (χ1v) is 8.32. The van der Waals surface area contributed by atoms with E-state index in [1.807, 2.05) is 38.5 Å². The largest absolute Gasteiger partial charge is 0.361 e. The molecule has 0 saturated heterocycles. The first-order chi connectivity index (χ1) is 9.29. The number of hydrogen-bond acceptors (Lipinski definition) is 3. The normalized spacial score (nSPS) is 12.2. The summed E-state index contributed by atoms with van der Waals surface area (Å²) in [4.78, 5) is 5.36. The molecule has 0 radical (unpaired) electrons. The van der Waals surface area contributed by atoms with Crippen molar-refractivity contribution in [1.82, 2.24) is 9.88 Å². The first kappa shape index (κ1) is 14.9. The number of benzene rings is 1. The maximum atomic E-state index is 11.6. The second-order valence-corrected chi connectivity index (χ2v) is 7.34. The highest BCUT2D eigenvalue weighted by atomic mass is 32.2. The highest BCUT2D eigenvalue weighted by molar-refractivity contribution is 7.92. The van der Waals surface area contributed by atoms with Gasteiger partial charge in [0.1, 0.15) is 0 Å². The molecule has 1 aromatic carbocycles. The van der Waals surface area contributed by atoms with Gasteiger partial charge >= 0.3 is 0 Å². The van der Waals surface area contributed by atoms with Gasteiger partial charge in [0.25, 0.3) is 0 Å². The Morgan fingerprint density at radius 2 is 1.90 bits per heavy atom. The Balaban J connectivity index is 2.39. The summed E-state index contributed by atoms with van der Waals surface area (Å²) in [6.45, 7) is 0.957. The highest BCUT2D eigenvalue weighted by Gasteiger charge is 2.13. The number of aromatic amines is 1. The van der Waals surface area contributed by atoms with Gasteiger partial charge in [-0.25, -0.2) is 8.42 Å². The fourth-order valence-electron chi connectivity index (χ4n) is 2.10. The molecular weight excluding hydrogens is 274 g/mol. The van der Waals surface area contributed by atoms with E-state index >= 15 is 0 Å². The average Bonchev–Trinajstić information content (AvgIpc) is 2.76. The second-order valence-electron chi connectivity index (χ2n) is 5.33. The predicted molar refractivity (Wildman–Crippen MR) is 83.8 cm³/mol. The Bertz CT molecular complexity index is 704. The van der Waals surface area contributed by atoms with Crippen molar-refractivity contribution in [3.05, 3.63) is 30.0 Å². The van der Waals surface area contributed by atoms with Crippen LogP contribution in [0, 0.1) is 0 Å². The Kier molecular flexibility index (Phi) is 4.06. The lowest BCUT2D eigenvalue weighted by atomic mass is 10.1. The van der Waals surface area contributed by atoms with Crippen LogP contribution < -0.4 is 4.31 Å². The van der Waals surface area contributed by atoms with Gasteiger partial charge in [-0.15, -0.1) is 0 Å². The maximum Gasteiger partial charge on any atom is 0.231 e. The van der Waals surface area contributed by atoms with Crippen molar-refractivity contribution in [1.29, 1.82) is 0 Å². The summed E-state index contributed by atoms with van der Waals surface area (Å²) in [5.74, 6) is 0. The zero-order valence-electron chi connectivity index (χ0n) is 12.3. The number of hydrogen-bond donors (Lipinski definition) is 1. The first-order valence-electron chi connectivity index (χ1n) is 6.47. The SMILES string of the molecule is CN(C)CCc1c[nH]c2ccc(N(C)S(C)(=O)=O)cc12. The van der Waals surface area contributed by atoms with E-state index in [0.717, 1.165) is 23.9 Å². The van der Waals surface area contributed by atoms with Gasteiger partial charge in [0.2, 0.25) is 10.0 Å². The number of H-pyrrole nitrogens is 1. The molecule has 1 heterocycles. The summed E-state index contributed by atoms with van der Waals surface area (Å²) in [7, 11) is 2.42. The van der Waals surface area contributed by atoms with Crippen LogP contribution in [-0.4, -0.2) is 52.2 Å². The zero-order valence-corrected chi connectivity index (χ0v) is 13.2. The van der Waals surface area contributed by atoms with E-state index in [1.165, 1.54) is 16.1 Å². The van der Waals surface area contributed by atoms with Gasteiger partial charge in [-0.1, -0.05) is 0 Å². The van der Waals surface area contributed by atoms with Crippen molar-refractivity contribution in [3.8, 4) is 0 Å². The maximum absolute atomic E-state index is 11.6. The smallest absolute Gasteiger partial charge is 0.231 e. The molecule has 1 N–H and O–H groups in total. The van der Waals surface area contributed by atoms with Crippen LogP contribution in [0.1, 0.15) is 5.56 Å². The molecule has 0 aliphatic rings. The van der Waals surface area contributed by atoms with Crippen LogP contribution in [0.25, 0.3) is 10.9 Å². The van der Waals surface area contributed by atoms with Crippen LogP contribution in [0.4, 0.5) is 5.69 Å². The van der Waals surface area contributed by atoms with Crippen LogP contribution in [0.5, 0.6) is 0 Å². The molecule has 20 heavy (non-hydrogen) atoms. The molecule has 5 nitrogen and oxygen atoms in total. The molecule has 0 unspecified atom stereocenters. The predicted octanol–water partition coefficient (Wildman–Crippen LogP) is 1.67. The van der Waals surface area contributed by atoms with E-state index in [1.54, 1.807) is 7.05 Å². The van der Waals surface area contributed by atoms with Gasteiger partial charge in [-0.2, -0.15) is 0 Å². The molecular formula is C14H21N3O2S. The number of nitrogens with one attached hydrogen (secondary N) is 1. The summed E-state index contributed by atoms with van der Waals surface area (Å²) in [5, 5.41) is 1.08. The quantitative estimate of drug-likeness (QED) is 0.913. The van der Waals surface area contributed by atoms with E-state index in [4.69, 9.17) is 0 Å². The molecule has 0 aliphatic heterocycles. The third-order valence-electron chi connectivity index (χ3n) is 3.44. The lowest BCUT2D eigenvalue weighted by molar-refractivity contribution is 0.414. The highest BCUT2D eigenvalue weighted by Crippen LogP contribution is 2.25. The monoisotopic (exact) mass is 295 g/mol. The van der Waals surface area contributed by atoms with Gasteiger partial charge in [-0.3, -0.25) is 4.31 Å². The third kappa shape index (κ3) is 3.13. The summed E-state index contributed by atoms with van der Waals surface area (Å²) < 4.78 is 24.5. The minimum absolute atomic E-state index is 0.686. The number of likely N-dealkylation sites (N-methyl/N-ethyl adjacent to an activating group) is 1. The Morgan fingerprint density at radius 1 is 1.20 bits per heavy atom. The van der Waals surface area contributed by atoms with Crippen molar-refractivity contribution < 1.29 is 8.42 Å². The van der Waals surface area contributed by atoms with Crippen LogP contribution in [-0.2, 0) is 16.4 Å². The molecule has 0 saturated carbocycles. The fraction of sp³-hybridized carbons (Fsp3) is 0.429. The molecule has 0 atom stereocenters. The Hall–Kier alpha value is -1.53. The van der Waals surface area contributed by atoms with Crippen LogP contribution in [0.3, 0.4) is 0 Å². The average molecular weight is 295 g/mol. The summed E-state index contributed by atoms with van der Waals surface area (Å²) in [6.07, 6.45) is 4.14. The summed E-state index contributed by atoms with van der Waals surface area (Å²) in [6, 6.07) is 5.67. The van der Waals surface area contributed by atoms with Crippen molar-refractivity contribution in [3.63, 3.8) is 0 Å². The molecule has 1 aromatic heterocycles. The van der Waals surface area contributed by atoms with Gasteiger partial charge in [0, 0.05) is 30.7 Å². The molecule has 0 bridgehead atoms. The van der Waals surface area contributed by atoms with Crippen molar-refractivity contribution >= 4 is 26.6 Å². The van der Waals surface area contributed by atoms with Gasteiger partial charge in [0.15, 0.2) is 0 Å². The summed E-state index contributed by atoms with van der Waals surface area (Å²) >= 11 is 0. The number of anilines is 1. The molecule has 2 aromatic rings. The minimum atomic E-state index is -3.23. The van der Waals surface area contributed by atoms with Crippen molar-refractivity contribution in [2.24, 2.45) is 0 Å². The van der Waals surface area contributed by atoms with E-state index in [-0.39, 0.29) is 0 Å². The van der Waals surface area contributed by atoms with Crippen LogP contribution in [0.15, 0.2) is 24.4 Å². The number of sulfonamides is 1. The standard InChI is InChI=1S/C14H21N3O2S/c1-16(2)8-7-11-10-15-14-6-5-12(9-13(11)14)17(3)20(4,18)19/h5-6,9-10,15H,7-8H2,1-4H3. The topological polar surface area (TPSA) is 56.4 Å². The van der Waals surface area contributed by atoms with E-state index in [2.05, 4.69) is 9.88 Å². The van der Waals surface area contributed by atoms with Crippen LogP contribution in [0.2, 0.25) is 0 Å². The van der Waals surface area contributed by atoms with E-state index in [9.17, 15) is 8.42 Å². The van der Waals surface area contributed by atoms with Crippen molar-refractivity contribution in [2.45, 2.75) is 6.42 Å². The Labute approximate surface area is 120 Å². The molecule has 0 amide bonds. The van der Waals surface area contributed by atoms with Gasteiger partial charge in [-0.05, 0) is 44.3 Å². The number of aromatic nitrogens is 1. The van der Waals surface area contributed by atoms with E-state index in [0.29, 0.717) is 5.69 Å². The van der Waals surface area contributed by atoms with Crippen molar-refractivity contribution in [2.75, 3.05) is 38.2 Å². The Morgan fingerprint density at radius 3 is 2.50 bits per heavy atom. The molecule has 110 valence electrons. The molecule has 0 spiro atoms. The molecule has 0 aliphatic carbocycles. The molecule has 0 fully saturated rings. The third-order valence-corrected chi connectivity index (χ3v) is 4.65. The number of rotatable bonds is 5. The van der Waals surface area contributed by atoms with Gasteiger partial charge < -0.3 is 9.88 Å². The number of nitrogens with zero attached hydrogens (tertiary/aromatic N) is 2. The molecule has 6 heteroatoms. The fourth-order valence-corrected chi connectivity index (χ4v) is 2.60. The lowest BCUT2D eigenvalue weighted by Gasteiger charge is -2.16. The van der Waals surface area contributed by atoms with E-state index < -0.39 is 10.0 Å². The van der Waals surface area contributed by atoms with Gasteiger partial charge in [0.05, 0.1) is 11.9 Å².